The third kappa shape index (κ3) is 2.26. The highest BCUT2D eigenvalue weighted by molar-refractivity contribution is 7.16. The maximum atomic E-state index is 6.01. The summed E-state index contributed by atoms with van der Waals surface area (Å²) in [5, 5.41) is 2.93. The van der Waals surface area contributed by atoms with Crippen molar-refractivity contribution in [3.63, 3.8) is 0 Å². The predicted molar refractivity (Wildman–Crippen MR) is 78.6 cm³/mol. The number of hydrogen-bond acceptors (Lipinski definition) is 7. The van der Waals surface area contributed by atoms with Crippen LogP contribution < -0.4 is 11.3 Å². The van der Waals surface area contributed by atoms with Gasteiger partial charge in [0.05, 0.1) is 5.39 Å². The number of nitrogens with two attached hydrogens (primary N) is 1. The van der Waals surface area contributed by atoms with Gasteiger partial charge in [-0.3, -0.25) is 0 Å². The molecule has 0 spiro atoms. The van der Waals surface area contributed by atoms with E-state index in [2.05, 4.69) is 15.4 Å². The van der Waals surface area contributed by atoms with Crippen LogP contribution in [-0.4, -0.2) is 29.8 Å². The minimum atomic E-state index is -0.462. The van der Waals surface area contributed by atoms with Gasteiger partial charge < -0.3 is 14.9 Å². The van der Waals surface area contributed by atoms with Crippen LogP contribution in [0.25, 0.3) is 10.2 Å². The van der Waals surface area contributed by atoms with Gasteiger partial charge in [0, 0.05) is 32.7 Å². The number of nitrogen functional groups attached to an aromatic ring is 1. The van der Waals surface area contributed by atoms with Crippen molar-refractivity contribution in [3.05, 3.63) is 17.3 Å². The van der Waals surface area contributed by atoms with Crippen LogP contribution in [0.4, 0.5) is 5.82 Å². The van der Waals surface area contributed by atoms with Gasteiger partial charge in [-0.2, -0.15) is 0 Å². The second-order valence-corrected chi connectivity index (χ2v) is 5.61. The molecular formula is C13H18N4O2S. The molecule has 3 heterocycles. The van der Waals surface area contributed by atoms with Crippen molar-refractivity contribution in [3.8, 4) is 0 Å². The van der Waals surface area contributed by atoms with Gasteiger partial charge in [0.15, 0.2) is 11.6 Å². The van der Waals surface area contributed by atoms with E-state index in [1.165, 1.54) is 0 Å². The number of anilines is 1. The predicted octanol–water partition coefficient (Wildman–Crippen LogP) is 2.02. The summed E-state index contributed by atoms with van der Waals surface area (Å²) in [5.41, 5.74) is 2.20. The van der Waals surface area contributed by atoms with Gasteiger partial charge in [0.25, 0.3) is 0 Å². The van der Waals surface area contributed by atoms with Crippen LogP contribution in [0.3, 0.4) is 0 Å². The number of fused-ring (bicyclic) bond motifs is 1. The Hall–Kier alpha value is -1.28. The Morgan fingerprint density at radius 3 is 2.95 bits per heavy atom. The van der Waals surface area contributed by atoms with Crippen molar-refractivity contribution < 1.29 is 9.47 Å². The van der Waals surface area contributed by atoms with E-state index in [1.807, 2.05) is 18.4 Å². The molecule has 6 nitrogen and oxygen atoms in total. The summed E-state index contributed by atoms with van der Waals surface area (Å²) >= 11 is 1.58. The Morgan fingerprint density at radius 1 is 1.45 bits per heavy atom. The number of thiophene rings is 1. The number of hydrazine groups is 1. The lowest BCUT2D eigenvalue weighted by Gasteiger charge is -2.35. The highest BCUT2D eigenvalue weighted by Gasteiger charge is 2.38. The van der Waals surface area contributed by atoms with Gasteiger partial charge in [0.2, 0.25) is 0 Å². The van der Waals surface area contributed by atoms with Gasteiger partial charge in [-0.15, -0.1) is 11.3 Å². The minimum Gasteiger partial charge on any atom is -0.381 e. The maximum Gasteiger partial charge on any atom is 0.164 e. The van der Waals surface area contributed by atoms with Crippen molar-refractivity contribution in [2.75, 3.05) is 25.2 Å². The largest absolute Gasteiger partial charge is 0.381 e. The van der Waals surface area contributed by atoms with E-state index in [0.29, 0.717) is 31.5 Å². The lowest BCUT2D eigenvalue weighted by atomic mass is 9.93. The first-order valence-corrected chi connectivity index (χ1v) is 7.61. The van der Waals surface area contributed by atoms with Crippen LogP contribution in [0.1, 0.15) is 25.6 Å². The molecule has 1 fully saturated rings. The molecule has 0 aliphatic carbocycles. The summed E-state index contributed by atoms with van der Waals surface area (Å²) in [7, 11) is 0. The molecule has 108 valence electrons. The zero-order valence-corrected chi connectivity index (χ0v) is 12.2. The monoisotopic (exact) mass is 294 g/mol. The van der Waals surface area contributed by atoms with Crippen LogP contribution in [0.2, 0.25) is 0 Å². The van der Waals surface area contributed by atoms with Crippen molar-refractivity contribution in [1.29, 1.82) is 0 Å². The highest BCUT2D eigenvalue weighted by Crippen LogP contribution is 2.36. The summed E-state index contributed by atoms with van der Waals surface area (Å²) in [5.74, 6) is 6.94. The first kappa shape index (κ1) is 13.7. The van der Waals surface area contributed by atoms with Crippen molar-refractivity contribution in [2.24, 2.45) is 5.84 Å². The van der Waals surface area contributed by atoms with Crippen LogP contribution in [0.5, 0.6) is 0 Å². The molecule has 0 amide bonds. The SMILES string of the molecule is CCOC1(c2nc(NN)c3ccsc3n2)CCOCC1. The molecule has 0 radical (unpaired) electrons. The molecule has 1 saturated heterocycles. The molecule has 2 aromatic heterocycles. The Balaban J connectivity index is 2.10. The molecule has 3 rings (SSSR count). The molecule has 0 saturated carbocycles. The summed E-state index contributed by atoms with van der Waals surface area (Å²) < 4.78 is 11.5. The van der Waals surface area contributed by atoms with Gasteiger partial charge in [-0.25, -0.2) is 15.8 Å². The molecule has 0 unspecified atom stereocenters. The lowest BCUT2D eigenvalue weighted by Crippen LogP contribution is -2.38. The molecule has 0 atom stereocenters. The fourth-order valence-corrected chi connectivity index (χ4v) is 3.34. The molecule has 1 aliphatic rings. The molecule has 0 bridgehead atoms. The Kier molecular flexibility index (Phi) is 3.84. The van der Waals surface area contributed by atoms with Gasteiger partial charge in [-0.05, 0) is 18.4 Å². The van der Waals surface area contributed by atoms with Crippen molar-refractivity contribution in [2.45, 2.75) is 25.4 Å². The van der Waals surface area contributed by atoms with E-state index in [9.17, 15) is 0 Å². The average molecular weight is 294 g/mol. The van der Waals surface area contributed by atoms with Crippen LogP contribution >= 0.6 is 11.3 Å². The Morgan fingerprint density at radius 2 is 2.25 bits per heavy atom. The van der Waals surface area contributed by atoms with E-state index in [1.54, 1.807) is 11.3 Å². The zero-order valence-electron chi connectivity index (χ0n) is 11.4. The number of rotatable bonds is 4. The van der Waals surface area contributed by atoms with E-state index >= 15 is 0 Å². The fourth-order valence-electron chi connectivity index (χ4n) is 2.58. The molecule has 1 aliphatic heterocycles. The number of hydrogen-bond donors (Lipinski definition) is 2. The second-order valence-electron chi connectivity index (χ2n) is 4.72. The molecule has 2 aromatic rings. The second kappa shape index (κ2) is 5.61. The first-order chi connectivity index (χ1) is 9.79. The van der Waals surface area contributed by atoms with Crippen LogP contribution in [0, 0.1) is 0 Å². The first-order valence-electron chi connectivity index (χ1n) is 6.73. The van der Waals surface area contributed by atoms with Gasteiger partial charge in [0.1, 0.15) is 10.4 Å². The molecule has 3 N–H and O–H groups in total. The number of nitrogens with one attached hydrogen (secondary N) is 1. The van der Waals surface area contributed by atoms with E-state index in [4.69, 9.17) is 15.3 Å². The van der Waals surface area contributed by atoms with Gasteiger partial charge in [-0.1, -0.05) is 0 Å². The van der Waals surface area contributed by atoms with Crippen LogP contribution in [-0.2, 0) is 15.1 Å². The summed E-state index contributed by atoms with van der Waals surface area (Å²) in [6.07, 6.45) is 1.53. The molecule has 0 aromatic carbocycles. The van der Waals surface area contributed by atoms with Crippen molar-refractivity contribution in [1.82, 2.24) is 9.97 Å². The van der Waals surface area contributed by atoms with E-state index in [-0.39, 0.29) is 0 Å². The van der Waals surface area contributed by atoms with Gasteiger partial charge >= 0.3 is 0 Å². The lowest BCUT2D eigenvalue weighted by molar-refractivity contribution is -0.117. The molecule has 7 heteroatoms. The molecule has 20 heavy (non-hydrogen) atoms. The standard InChI is InChI=1S/C13H18N4O2S/c1-2-19-13(4-6-18-7-5-13)12-15-10(17-14)9-3-8-20-11(9)16-12/h3,8H,2,4-7,14H2,1H3,(H,15,16,17). The normalized spacial score (nSPS) is 18.3. The summed E-state index contributed by atoms with van der Waals surface area (Å²) in [6, 6.07) is 1.97. The third-order valence-electron chi connectivity index (χ3n) is 3.59. The quantitative estimate of drug-likeness (QED) is 0.663. The maximum absolute atomic E-state index is 6.01. The topological polar surface area (TPSA) is 82.3 Å². The number of ether oxygens (including phenoxy) is 2. The number of aromatic nitrogens is 2. The third-order valence-corrected chi connectivity index (χ3v) is 4.40. The Labute approximate surface area is 121 Å². The Bertz CT molecular complexity index is 590. The van der Waals surface area contributed by atoms with Crippen LogP contribution in [0.15, 0.2) is 11.4 Å². The highest BCUT2D eigenvalue weighted by atomic mass is 32.1. The zero-order chi connectivity index (χ0) is 14.0. The summed E-state index contributed by atoms with van der Waals surface area (Å²) in [6.45, 7) is 3.94. The average Bonchev–Trinajstić information content (AvgIpc) is 2.96. The van der Waals surface area contributed by atoms with E-state index < -0.39 is 5.60 Å². The minimum absolute atomic E-state index is 0.462. The molecular weight excluding hydrogens is 276 g/mol. The van der Waals surface area contributed by atoms with Crippen molar-refractivity contribution >= 4 is 27.4 Å². The fraction of sp³-hybridized carbons (Fsp3) is 0.538. The number of nitrogens with zero attached hydrogens (tertiary/aromatic N) is 2. The summed E-state index contributed by atoms with van der Waals surface area (Å²) in [4.78, 5) is 10.2. The van der Waals surface area contributed by atoms with E-state index in [0.717, 1.165) is 23.1 Å². The smallest absolute Gasteiger partial charge is 0.164 e.